The minimum Gasteiger partial charge on any atom is -0.466 e. The van der Waals surface area contributed by atoms with Crippen LogP contribution < -0.4 is 10.5 Å². The smallest absolute Gasteiger partial charge is 0.241 e. The summed E-state index contributed by atoms with van der Waals surface area (Å²) in [7, 11) is -3.60. The average molecular weight is 308 g/mol. The molecule has 21 heavy (non-hydrogen) atoms. The number of nitrogens with one attached hydrogen (secondary N) is 1. The standard InChI is InChI=1S/C15H20N2O3S/c1-9-7-13(5-6-15(9)16)21(18,19)17-11(3)14-8-10(2)20-12(14)4/h5-8,11,17H,16H2,1-4H3. The normalized spacial score (nSPS) is 13.3. The lowest BCUT2D eigenvalue weighted by molar-refractivity contribution is 0.496. The first-order chi connectivity index (χ1) is 9.70. The molecule has 1 aromatic heterocycles. The Morgan fingerprint density at radius 3 is 2.38 bits per heavy atom. The Labute approximate surface area is 125 Å². The summed E-state index contributed by atoms with van der Waals surface area (Å²) >= 11 is 0. The molecule has 0 fully saturated rings. The molecular weight excluding hydrogens is 288 g/mol. The Morgan fingerprint density at radius 2 is 1.86 bits per heavy atom. The van der Waals surface area contributed by atoms with Crippen LogP contribution in [0.5, 0.6) is 0 Å². The minimum atomic E-state index is -3.60. The molecule has 3 N–H and O–H groups in total. The number of furan rings is 1. The molecule has 0 amide bonds. The van der Waals surface area contributed by atoms with Crippen molar-refractivity contribution in [1.29, 1.82) is 0 Å². The first-order valence-corrected chi connectivity index (χ1v) is 8.14. The summed E-state index contributed by atoms with van der Waals surface area (Å²) in [5, 5.41) is 0. The molecule has 2 aromatic rings. The molecule has 1 atom stereocenters. The fourth-order valence-corrected chi connectivity index (χ4v) is 3.57. The van der Waals surface area contributed by atoms with Gasteiger partial charge in [-0.15, -0.1) is 0 Å². The molecule has 1 aromatic carbocycles. The van der Waals surface area contributed by atoms with E-state index in [1.165, 1.54) is 6.07 Å². The van der Waals surface area contributed by atoms with Crippen molar-refractivity contribution in [2.75, 3.05) is 5.73 Å². The molecule has 0 saturated heterocycles. The van der Waals surface area contributed by atoms with Gasteiger partial charge in [0.2, 0.25) is 10.0 Å². The Kier molecular flexibility index (Phi) is 4.11. The van der Waals surface area contributed by atoms with Crippen LogP contribution >= 0.6 is 0 Å². The second-order valence-electron chi connectivity index (χ2n) is 5.23. The summed E-state index contributed by atoms with van der Waals surface area (Å²) in [4.78, 5) is 0.207. The number of sulfonamides is 1. The molecule has 0 aliphatic carbocycles. The van der Waals surface area contributed by atoms with Gasteiger partial charge in [-0.25, -0.2) is 13.1 Å². The van der Waals surface area contributed by atoms with E-state index in [0.29, 0.717) is 5.69 Å². The predicted molar refractivity (Wildman–Crippen MR) is 82.5 cm³/mol. The van der Waals surface area contributed by atoms with Crippen molar-refractivity contribution in [3.8, 4) is 0 Å². The second-order valence-corrected chi connectivity index (χ2v) is 6.94. The molecular formula is C15H20N2O3S. The maximum atomic E-state index is 12.4. The van der Waals surface area contributed by atoms with E-state index in [1.54, 1.807) is 26.0 Å². The maximum Gasteiger partial charge on any atom is 0.241 e. The Bertz CT molecular complexity index is 763. The van der Waals surface area contributed by atoms with E-state index in [0.717, 1.165) is 22.6 Å². The highest BCUT2D eigenvalue weighted by Gasteiger charge is 2.21. The van der Waals surface area contributed by atoms with E-state index in [9.17, 15) is 8.42 Å². The van der Waals surface area contributed by atoms with Crippen LogP contribution in [0.15, 0.2) is 33.6 Å². The zero-order valence-electron chi connectivity index (χ0n) is 12.6. The molecule has 1 unspecified atom stereocenters. The molecule has 0 aliphatic rings. The molecule has 0 saturated carbocycles. The summed E-state index contributed by atoms with van der Waals surface area (Å²) in [5.41, 5.74) is 7.87. The quantitative estimate of drug-likeness (QED) is 0.850. The van der Waals surface area contributed by atoms with E-state index in [1.807, 2.05) is 19.9 Å². The van der Waals surface area contributed by atoms with Gasteiger partial charge in [-0.05, 0) is 57.5 Å². The van der Waals surface area contributed by atoms with Gasteiger partial charge < -0.3 is 10.2 Å². The number of nitrogen functional groups attached to an aromatic ring is 1. The highest BCUT2D eigenvalue weighted by Crippen LogP contribution is 2.24. The SMILES string of the molecule is Cc1cc(C(C)NS(=O)(=O)c2ccc(N)c(C)c2)c(C)o1. The van der Waals surface area contributed by atoms with Crippen molar-refractivity contribution in [3.05, 3.63) is 46.9 Å². The number of rotatable bonds is 4. The van der Waals surface area contributed by atoms with Crippen LogP contribution in [0.3, 0.4) is 0 Å². The van der Waals surface area contributed by atoms with Gasteiger partial charge in [0, 0.05) is 17.3 Å². The highest BCUT2D eigenvalue weighted by atomic mass is 32.2. The van der Waals surface area contributed by atoms with Crippen LogP contribution in [0.25, 0.3) is 0 Å². The molecule has 1 heterocycles. The highest BCUT2D eigenvalue weighted by molar-refractivity contribution is 7.89. The average Bonchev–Trinajstić information content (AvgIpc) is 2.71. The number of aryl methyl sites for hydroxylation is 3. The van der Waals surface area contributed by atoms with Gasteiger partial charge in [-0.3, -0.25) is 0 Å². The maximum absolute atomic E-state index is 12.4. The van der Waals surface area contributed by atoms with Crippen molar-refractivity contribution in [2.45, 2.75) is 38.6 Å². The second kappa shape index (κ2) is 5.54. The number of hydrogen-bond acceptors (Lipinski definition) is 4. The lowest BCUT2D eigenvalue weighted by Gasteiger charge is -2.14. The van der Waals surface area contributed by atoms with E-state index in [4.69, 9.17) is 10.2 Å². The van der Waals surface area contributed by atoms with Gasteiger partial charge in [0.1, 0.15) is 11.5 Å². The predicted octanol–water partition coefficient (Wildman–Crippen LogP) is 2.83. The summed E-state index contributed by atoms with van der Waals surface area (Å²) in [6.45, 7) is 7.22. The van der Waals surface area contributed by atoms with E-state index in [-0.39, 0.29) is 10.9 Å². The van der Waals surface area contributed by atoms with Crippen LogP contribution in [0.1, 0.15) is 35.6 Å². The fourth-order valence-electron chi connectivity index (χ4n) is 2.26. The Morgan fingerprint density at radius 1 is 1.19 bits per heavy atom. The first-order valence-electron chi connectivity index (χ1n) is 6.66. The summed E-state index contributed by atoms with van der Waals surface area (Å²) in [6.07, 6.45) is 0. The number of anilines is 1. The van der Waals surface area contributed by atoms with E-state index < -0.39 is 10.0 Å². The lowest BCUT2D eigenvalue weighted by Crippen LogP contribution is -2.27. The van der Waals surface area contributed by atoms with Gasteiger partial charge in [0.15, 0.2) is 0 Å². The molecule has 114 valence electrons. The zero-order valence-corrected chi connectivity index (χ0v) is 13.4. The van der Waals surface area contributed by atoms with Crippen molar-refractivity contribution in [2.24, 2.45) is 0 Å². The molecule has 0 bridgehead atoms. The van der Waals surface area contributed by atoms with Gasteiger partial charge in [0.25, 0.3) is 0 Å². The molecule has 0 aliphatic heterocycles. The minimum absolute atomic E-state index is 0.207. The van der Waals surface area contributed by atoms with Crippen LogP contribution in [-0.4, -0.2) is 8.42 Å². The fraction of sp³-hybridized carbons (Fsp3) is 0.333. The van der Waals surface area contributed by atoms with Gasteiger partial charge in [-0.1, -0.05) is 0 Å². The Balaban J connectivity index is 2.28. The third-order valence-electron chi connectivity index (χ3n) is 3.43. The van der Waals surface area contributed by atoms with Crippen LogP contribution in [0.4, 0.5) is 5.69 Å². The van der Waals surface area contributed by atoms with Crippen molar-refractivity contribution in [3.63, 3.8) is 0 Å². The number of benzene rings is 1. The molecule has 6 heteroatoms. The third kappa shape index (κ3) is 3.28. The van der Waals surface area contributed by atoms with Crippen molar-refractivity contribution < 1.29 is 12.8 Å². The molecule has 5 nitrogen and oxygen atoms in total. The molecule has 0 spiro atoms. The van der Waals surface area contributed by atoms with E-state index >= 15 is 0 Å². The molecule has 2 rings (SSSR count). The van der Waals surface area contributed by atoms with Gasteiger partial charge >= 0.3 is 0 Å². The zero-order chi connectivity index (χ0) is 15.8. The summed E-state index contributed by atoms with van der Waals surface area (Å²) < 4.78 is 32.9. The third-order valence-corrected chi connectivity index (χ3v) is 4.97. The van der Waals surface area contributed by atoms with Crippen LogP contribution in [0.2, 0.25) is 0 Å². The van der Waals surface area contributed by atoms with E-state index in [2.05, 4.69) is 4.72 Å². The van der Waals surface area contributed by atoms with Gasteiger partial charge in [-0.2, -0.15) is 0 Å². The topological polar surface area (TPSA) is 85.3 Å². The van der Waals surface area contributed by atoms with Crippen LogP contribution in [-0.2, 0) is 10.0 Å². The number of hydrogen-bond donors (Lipinski definition) is 2. The largest absolute Gasteiger partial charge is 0.466 e. The van der Waals surface area contributed by atoms with Crippen molar-refractivity contribution in [1.82, 2.24) is 4.72 Å². The van der Waals surface area contributed by atoms with Crippen molar-refractivity contribution >= 4 is 15.7 Å². The number of nitrogens with two attached hydrogens (primary N) is 1. The summed E-state index contributed by atoms with van der Waals surface area (Å²) in [6, 6.07) is 6.15. The first kappa shape index (κ1) is 15.6. The summed E-state index contributed by atoms with van der Waals surface area (Å²) in [5.74, 6) is 1.48. The monoisotopic (exact) mass is 308 g/mol. The lowest BCUT2D eigenvalue weighted by atomic mass is 10.1. The van der Waals surface area contributed by atoms with Gasteiger partial charge in [0.05, 0.1) is 4.90 Å². The van der Waals surface area contributed by atoms with Crippen LogP contribution in [0, 0.1) is 20.8 Å². The Hall–Kier alpha value is -1.79. The molecule has 0 radical (unpaired) electrons.